The van der Waals surface area contributed by atoms with Crippen molar-refractivity contribution in [1.29, 1.82) is 0 Å². The van der Waals surface area contributed by atoms with E-state index in [9.17, 15) is 19.8 Å². The van der Waals surface area contributed by atoms with Crippen molar-refractivity contribution >= 4 is 11.9 Å². The van der Waals surface area contributed by atoms with Gasteiger partial charge in [0.15, 0.2) is 0 Å². The van der Waals surface area contributed by atoms with Crippen LogP contribution in [0, 0.1) is 0 Å². The van der Waals surface area contributed by atoms with Crippen molar-refractivity contribution in [3.05, 3.63) is 12.2 Å². The van der Waals surface area contributed by atoms with Gasteiger partial charge >= 0.3 is 5.97 Å². The SMILES string of the molecule is CCCCCCCCC/C=C/C(O)C(CO)NC(=O)CCCCCCCCCCCOC(=O)CCCCCCCCCCCCCCCCCCCCC. The van der Waals surface area contributed by atoms with Crippen molar-refractivity contribution in [2.75, 3.05) is 13.2 Å². The molecule has 0 saturated heterocycles. The van der Waals surface area contributed by atoms with E-state index >= 15 is 0 Å². The van der Waals surface area contributed by atoms with E-state index in [0.717, 1.165) is 57.8 Å². The molecule has 320 valence electrons. The number of hydrogen-bond donors (Lipinski definition) is 3. The molecule has 0 radical (unpaired) electrons. The molecule has 0 fully saturated rings. The largest absolute Gasteiger partial charge is 0.466 e. The van der Waals surface area contributed by atoms with E-state index < -0.39 is 12.1 Å². The summed E-state index contributed by atoms with van der Waals surface area (Å²) < 4.78 is 5.45. The maximum absolute atomic E-state index is 12.3. The maximum Gasteiger partial charge on any atom is 0.305 e. The van der Waals surface area contributed by atoms with Crippen LogP contribution in [0.15, 0.2) is 12.2 Å². The fraction of sp³-hybridized carbons (Fsp3) is 0.917. The molecule has 6 nitrogen and oxygen atoms in total. The number of aliphatic hydroxyl groups excluding tert-OH is 2. The summed E-state index contributed by atoms with van der Waals surface area (Å²) in [7, 11) is 0. The number of nitrogens with one attached hydrogen (secondary N) is 1. The fourth-order valence-corrected chi connectivity index (χ4v) is 7.34. The molecule has 2 atom stereocenters. The molecule has 0 bridgehead atoms. The summed E-state index contributed by atoms with van der Waals surface area (Å²) in [5.41, 5.74) is 0. The standard InChI is InChI=1S/C48H93NO5/c1-3-5-7-9-11-13-14-15-16-17-18-19-20-21-22-26-30-34-38-42-48(53)54-43-39-35-31-27-23-25-29-33-37-41-47(52)49-45(44-50)46(51)40-36-32-28-24-12-10-8-6-4-2/h36,40,45-46,50-51H,3-35,37-39,41-44H2,1-2H3,(H,49,52)/b40-36+. The molecule has 0 aliphatic heterocycles. The number of carbonyl (C=O) groups is 2. The van der Waals surface area contributed by atoms with E-state index in [1.165, 1.54) is 173 Å². The Kier molecular flexibility index (Phi) is 43.2. The van der Waals surface area contributed by atoms with Crippen molar-refractivity contribution in [2.45, 2.75) is 270 Å². The Labute approximate surface area is 336 Å². The van der Waals surface area contributed by atoms with Gasteiger partial charge in [-0.25, -0.2) is 0 Å². The number of aliphatic hydroxyl groups is 2. The van der Waals surface area contributed by atoms with E-state index in [2.05, 4.69) is 19.2 Å². The summed E-state index contributed by atoms with van der Waals surface area (Å²) in [5, 5.41) is 22.8. The van der Waals surface area contributed by atoms with Crippen LogP contribution in [-0.4, -0.2) is 47.4 Å². The first-order chi connectivity index (χ1) is 26.5. The summed E-state index contributed by atoms with van der Waals surface area (Å²) in [5.74, 6) is -0.121. The van der Waals surface area contributed by atoms with Crippen molar-refractivity contribution in [1.82, 2.24) is 5.32 Å². The first-order valence-electron chi connectivity index (χ1n) is 24.0. The van der Waals surface area contributed by atoms with Gasteiger partial charge in [-0.15, -0.1) is 0 Å². The summed E-state index contributed by atoms with van der Waals surface area (Å²) in [6.45, 7) is 4.81. The molecule has 0 aromatic heterocycles. The first kappa shape index (κ1) is 52.6. The van der Waals surface area contributed by atoms with Crippen LogP contribution in [0.4, 0.5) is 0 Å². The van der Waals surface area contributed by atoms with Gasteiger partial charge in [0.2, 0.25) is 5.91 Å². The number of allylic oxidation sites excluding steroid dienone is 1. The number of unbranched alkanes of at least 4 members (excludes halogenated alkanes) is 33. The second-order valence-corrected chi connectivity index (χ2v) is 16.5. The second-order valence-electron chi connectivity index (χ2n) is 16.5. The number of carbonyl (C=O) groups excluding carboxylic acids is 2. The predicted octanol–water partition coefficient (Wildman–Crippen LogP) is 13.8. The van der Waals surface area contributed by atoms with Gasteiger partial charge in [0.1, 0.15) is 0 Å². The van der Waals surface area contributed by atoms with Gasteiger partial charge in [-0.2, -0.15) is 0 Å². The third-order valence-corrected chi connectivity index (χ3v) is 11.1. The number of amides is 1. The first-order valence-corrected chi connectivity index (χ1v) is 24.0. The number of hydrogen-bond acceptors (Lipinski definition) is 5. The van der Waals surface area contributed by atoms with Crippen molar-refractivity contribution in [3.63, 3.8) is 0 Å². The van der Waals surface area contributed by atoms with Gasteiger partial charge in [0.25, 0.3) is 0 Å². The summed E-state index contributed by atoms with van der Waals surface area (Å²) >= 11 is 0. The monoisotopic (exact) mass is 764 g/mol. The average Bonchev–Trinajstić information content (AvgIpc) is 3.17. The molecule has 0 spiro atoms. The Hall–Kier alpha value is -1.40. The lowest BCUT2D eigenvalue weighted by Gasteiger charge is -2.20. The minimum absolute atomic E-state index is 0.0235. The van der Waals surface area contributed by atoms with Crippen LogP contribution in [0.3, 0.4) is 0 Å². The average molecular weight is 764 g/mol. The molecule has 0 heterocycles. The molecule has 0 aliphatic rings. The summed E-state index contributed by atoms with van der Waals surface area (Å²) in [6.07, 6.45) is 49.3. The highest BCUT2D eigenvalue weighted by Crippen LogP contribution is 2.16. The predicted molar refractivity (Wildman–Crippen MR) is 232 cm³/mol. The van der Waals surface area contributed by atoms with E-state index in [1.807, 2.05) is 6.08 Å². The third kappa shape index (κ3) is 40.3. The van der Waals surface area contributed by atoms with E-state index in [0.29, 0.717) is 19.4 Å². The van der Waals surface area contributed by atoms with Crippen LogP contribution in [-0.2, 0) is 14.3 Å². The topological polar surface area (TPSA) is 95.9 Å². The van der Waals surface area contributed by atoms with E-state index in [1.54, 1.807) is 6.08 Å². The van der Waals surface area contributed by atoms with Crippen LogP contribution < -0.4 is 5.32 Å². The number of rotatable bonds is 44. The molecule has 3 N–H and O–H groups in total. The van der Waals surface area contributed by atoms with Gasteiger partial charge in [-0.3, -0.25) is 9.59 Å². The zero-order chi connectivity index (χ0) is 39.4. The van der Waals surface area contributed by atoms with Crippen molar-refractivity contribution in [3.8, 4) is 0 Å². The minimum Gasteiger partial charge on any atom is -0.466 e. The van der Waals surface area contributed by atoms with E-state index in [4.69, 9.17) is 4.74 Å². The van der Waals surface area contributed by atoms with E-state index in [-0.39, 0.29) is 18.5 Å². The molecule has 0 rings (SSSR count). The summed E-state index contributed by atoms with van der Waals surface area (Å²) in [4.78, 5) is 24.4. The highest BCUT2D eigenvalue weighted by molar-refractivity contribution is 5.76. The molecule has 0 saturated carbocycles. The molecule has 6 heteroatoms. The van der Waals surface area contributed by atoms with Crippen LogP contribution in [0.25, 0.3) is 0 Å². The Balaban J connectivity index is 3.44. The lowest BCUT2D eigenvalue weighted by atomic mass is 10.0. The Morgan fingerprint density at radius 1 is 0.500 bits per heavy atom. The molecular formula is C48H93NO5. The second kappa shape index (κ2) is 44.3. The van der Waals surface area contributed by atoms with Gasteiger partial charge in [0.05, 0.1) is 25.4 Å². The zero-order valence-electron chi connectivity index (χ0n) is 36.2. The quantitative estimate of drug-likeness (QED) is 0.0326. The van der Waals surface area contributed by atoms with Crippen molar-refractivity contribution in [2.24, 2.45) is 0 Å². The molecule has 0 aliphatic carbocycles. The lowest BCUT2D eigenvalue weighted by molar-refractivity contribution is -0.143. The van der Waals surface area contributed by atoms with Crippen LogP contribution in [0.2, 0.25) is 0 Å². The van der Waals surface area contributed by atoms with Gasteiger partial charge in [-0.05, 0) is 32.1 Å². The minimum atomic E-state index is -0.858. The van der Waals surface area contributed by atoms with Gasteiger partial charge in [-0.1, -0.05) is 225 Å². The van der Waals surface area contributed by atoms with Gasteiger partial charge < -0.3 is 20.3 Å². The van der Waals surface area contributed by atoms with Crippen molar-refractivity contribution < 1.29 is 24.5 Å². The van der Waals surface area contributed by atoms with Crippen LogP contribution >= 0.6 is 0 Å². The Bertz CT molecular complexity index is 802. The summed E-state index contributed by atoms with van der Waals surface area (Å²) in [6, 6.07) is -0.644. The van der Waals surface area contributed by atoms with Crippen LogP contribution in [0.1, 0.15) is 258 Å². The number of esters is 1. The Morgan fingerprint density at radius 3 is 1.26 bits per heavy atom. The lowest BCUT2D eigenvalue weighted by Crippen LogP contribution is -2.45. The maximum atomic E-state index is 12.3. The molecule has 2 unspecified atom stereocenters. The van der Waals surface area contributed by atoms with Gasteiger partial charge in [0, 0.05) is 12.8 Å². The van der Waals surface area contributed by atoms with Crippen LogP contribution in [0.5, 0.6) is 0 Å². The molecular weight excluding hydrogens is 671 g/mol. The molecule has 54 heavy (non-hydrogen) atoms. The highest BCUT2D eigenvalue weighted by Gasteiger charge is 2.18. The molecule has 0 aromatic rings. The zero-order valence-corrected chi connectivity index (χ0v) is 36.2. The third-order valence-electron chi connectivity index (χ3n) is 11.1. The highest BCUT2D eigenvalue weighted by atomic mass is 16.5. The smallest absolute Gasteiger partial charge is 0.305 e. The number of ether oxygens (including phenoxy) is 1. The normalized spacial score (nSPS) is 12.7. The molecule has 0 aromatic carbocycles. The molecule has 1 amide bonds. The fourth-order valence-electron chi connectivity index (χ4n) is 7.34. The Morgan fingerprint density at radius 2 is 0.852 bits per heavy atom.